The number of hydrogen-bond acceptors (Lipinski definition) is 6. The summed E-state index contributed by atoms with van der Waals surface area (Å²) in [5.41, 5.74) is -0.112. The number of carbonyl (C=O) groups excluding carboxylic acids is 2. The monoisotopic (exact) mass is 479 g/mol. The van der Waals surface area contributed by atoms with Gasteiger partial charge in [-0.15, -0.1) is 0 Å². The van der Waals surface area contributed by atoms with Crippen LogP contribution >= 0.6 is 0 Å². The molecule has 2 aliphatic rings. The van der Waals surface area contributed by atoms with Crippen molar-refractivity contribution in [1.29, 1.82) is 0 Å². The van der Waals surface area contributed by atoms with Crippen molar-refractivity contribution < 1.29 is 27.2 Å². The molecule has 0 radical (unpaired) electrons. The molecule has 7 nitrogen and oxygen atoms in total. The van der Waals surface area contributed by atoms with Crippen LogP contribution in [0.25, 0.3) is 0 Å². The van der Waals surface area contributed by atoms with Gasteiger partial charge >= 0.3 is 6.18 Å². The van der Waals surface area contributed by atoms with Crippen LogP contribution in [0.5, 0.6) is 0 Å². The predicted molar refractivity (Wildman–Crippen MR) is 117 cm³/mol. The number of amides is 1. The van der Waals surface area contributed by atoms with Gasteiger partial charge in [-0.25, -0.2) is 9.97 Å². The second-order valence-electron chi connectivity index (χ2n) is 8.65. The number of nitrogens with one attached hydrogen (secondary N) is 2. The van der Waals surface area contributed by atoms with Gasteiger partial charge in [-0.05, 0) is 50.3 Å². The van der Waals surface area contributed by atoms with E-state index in [9.17, 15) is 22.8 Å². The average molecular weight is 479 g/mol. The smallest absolute Gasteiger partial charge is 0.358 e. The van der Waals surface area contributed by atoms with Crippen molar-refractivity contribution >= 4 is 23.3 Å². The molecule has 2 aliphatic heterocycles. The van der Waals surface area contributed by atoms with Crippen molar-refractivity contribution in [2.45, 2.75) is 50.9 Å². The fourth-order valence-electron chi connectivity index (χ4n) is 4.57. The highest BCUT2D eigenvalue weighted by Gasteiger charge is 2.34. The van der Waals surface area contributed by atoms with Gasteiger partial charge in [0, 0.05) is 19.0 Å². The topological polar surface area (TPSA) is 87.2 Å². The first-order valence-electron chi connectivity index (χ1n) is 11.1. The van der Waals surface area contributed by atoms with Crippen molar-refractivity contribution in [2.24, 2.45) is 5.92 Å². The van der Waals surface area contributed by atoms with Gasteiger partial charge in [-0.1, -0.05) is 12.1 Å². The zero-order valence-corrected chi connectivity index (χ0v) is 18.5. The second kappa shape index (κ2) is 9.55. The van der Waals surface area contributed by atoms with Gasteiger partial charge < -0.3 is 15.5 Å². The summed E-state index contributed by atoms with van der Waals surface area (Å²) in [4.78, 5) is 33.8. The zero-order chi connectivity index (χ0) is 24.5. The molecule has 3 unspecified atom stereocenters. The summed E-state index contributed by atoms with van der Waals surface area (Å²) in [5, 5.41) is 5.55. The van der Waals surface area contributed by atoms with Gasteiger partial charge in [0.15, 0.2) is 17.4 Å². The highest BCUT2D eigenvalue weighted by Crippen LogP contribution is 2.38. The van der Waals surface area contributed by atoms with Crippen LogP contribution in [0.4, 0.5) is 29.2 Å². The van der Waals surface area contributed by atoms with E-state index in [2.05, 4.69) is 20.6 Å². The first-order valence-corrected chi connectivity index (χ1v) is 11.1. The van der Waals surface area contributed by atoms with Crippen LogP contribution in [0.3, 0.4) is 0 Å². The molecule has 1 aromatic carbocycles. The second-order valence-corrected chi connectivity index (χ2v) is 8.65. The van der Waals surface area contributed by atoms with Crippen molar-refractivity contribution in [3.63, 3.8) is 0 Å². The van der Waals surface area contributed by atoms with Gasteiger partial charge in [0.1, 0.15) is 6.33 Å². The third kappa shape index (κ3) is 4.97. The maximum atomic E-state index is 15.5. The molecule has 11 heteroatoms. The van der Waals surface area contributed by atoms with E-state index >= 15 is 4.39 Å². The molecule has 3 heterocycles. The fraction of sp³-hybridized carbons (Fsp3) is 0.478. The highest BCUT2D eigenvalue weighted by molar-refractivity contribution is 5.86. The minimum atomic E-state index is -4.43. The number of rotatable bonds is 7. The Kier molecular flexibility index (Phi) is 6.72. The molecule has 34 heavy (non-hydrogen) atoms. The number of halogens is 4. The molecule has 0 aliphatic carbocycles. The van der Waals surface area contributed by atoms with Gasteiger partial charge in [0.25, 0.3) is 0 Å². The van der Waals surface area contributed by atoms with Gasteiger partial charge in [0.05, 0.1) is 17.6 Å². The third-order valence-electron chi connectivity index (χ3n) is 6.40. The van der Waals surface area contributed by atoms with Crippen molar-refractivity contribution in [3.8, 4) is 0 Å². The SMILES string of the molecule is CC(=O)C(CC1CCNC1=O)Nc1ncnc(N2CCCC2c2ccc(C(F)(F)F)cc2)c1F. The summed E-state index contributed by atoms with van der Waals surface area (Å²) in [5.74, 6) is -1.60. The number of nitrogens with zero attached hydrogens (tertiary/aromatic N) is 3. The van der Waals surface area contributed by atoms with E-state index in [4.69, 9.17) is 0 Å². The maximum Gasteiger partial charge on any atom is 0.416 e. The van der Waals surface area contributed by atoms with Crippen molar-refractivity contribution in [1.82, 2.24) is 15.3 Å². The molecule has 182 valence electrons. The molecule has 4 rings (SSSR count). The van der Waals surface area contributed by atoms with Gasteiger partial charge in [0.2, 0.25) is 11.7 Å². The van der Waals surface area contributed by atoms with Crippen LogP contribution < -0.4 is 15.5 Å². The highest BCUT2D eigenvalue weighted by atomic mass is 19.4. The Morgan fingerprint density at radius 2 is 1.97 bits per heavy atom. The average Bonchev–Trinajstić information content (AvgIpc) is 3.43. The third-order valence-corrected chi connectivity index (χ3v) is 6.40. The zero-order valence-electron chi connectivity index (χ0n) is 18.5. The Labute approximate surface area is 194 Å². The van der Waals surface area contributed by atoms with E-state index in [-0.39, 0.29) is 41.7 Å². The molecule has 3 atom stereocenters. The first-order chi connectivity index (χ1) is 16.1. The Balaban J connectivity index is 1.55. The van der Waals surface area contributed by atoms with E-state index in [0.717, 1.165) is 12.1 Å². The fourth-order valence-corrected chi connectivity index (χ4v) is 4.57. The molecule has 1 amide bonds. The molecule has 1 aromatic heterocycles. The van der Waals surface area contributed by atoms with Gasteiger partial charge in [-0.2, -0.15) is 17.6 Å². The molecule has 0 saturated carbocycles. The van der Waals surface area contributed by atoms with Crippen LogP contribution in [0, 0.1) is 11.7 Å². The van der Waals surface area contributed by atoms with E-state index in [1.165, 1.54) is 25.4 Å². The molecular weight excluding hydrogens is 454 g/mol. The number of ketones is 1. The Hall–Kier alpha value is -3.24. The number of benzene rings is 1. The number of anilines is 2. The number of hydrogen-bond donors (Lipinski definition) is 2. The molecule has 2 saturated heterocycles. The van der Waals surface area contributed by atoms with Crippen molar-refractivity contribution in [3.05, 3.63) is 47.5 Å². The number of alkyl halides is 3. The van der Waals surface area contributed by atoms with Crippen LogP contribution in [0.15, 0.2) is 30.6 Å². The van der Waals surface area contributed by atoms with Crippen LogP contribution in [-0.4, -0.2) is 40.8 Å². The number of aromatic nitrogens is 2. The van der Waals surface area contributed by atoms with E-state index < -0.39 is 23.6 Å². The number of carbonyl (C=O) groups is 2. The summed E-state index contributed by atoms with van der Waals surface area (Å²) < 4.78 is 54.2. The minimum absolute atomic E-state index is 0.0146. The lowest BCUT2D eigenvalue weighted by molar-refractivity contribution is -0.137. The maximum absolute atomic E-state index is 15.5. The molecular formula is C23H25F4N5O2. The quantitative estimate of drug-likeness (QED) is 0.587. The van der Waals surface area contributed by atoms with Crippen LogP contribution in [-0.2, 0) is 15.8 Å². The summed E-state index contributed by atoms with van der Waals surface area (Å²) in [6.45, 7) is 2.38. The summed E-state index contributed by atoms with van der Waals surface area (Å²) >= 11 is 0. The minimum Gasteiger partial charge on any atom is -0.358 e. The van der Waals surface area contributed by atoms with E-state index in [0.29, 0.717) is 37.9 Å². The summed E-state index contributed by atoms with van der Waals surface area (Å²) in [7, 11) is 0. The summed E-state index contributed by atoms with van der Waals surface area (Å²) in [6, 6.07) is 3.71. The van der Waals surface area contributed by atoms with Crippen molar-refractivity contribution in [2.75, 3.05) is 23.3 Å². The molecule has 0 bridgehead atoms. The largest absolute Gasteiger partial charge is 0.416 e. The lowest BCUT2D eigenvalue weighted by Crippen LogP contribution is -2.33. The number of Topliss-reactive ketones (excluding diaryl/α,β-unsaturated/α-hetero) is 1. The van der Waals surface area contributed by atoms with Gasteiger partial charge in [-0.3, -0.25) is 9.59 Å². The van der Waals surface area contributed by atoms with E-state index in [1.54, 1.807) is 4.90 Å². The molecule has 2 aromatic rings. The summed E-state index contributed by atoms with van der Waals surface area (Å²) in [6.07, 6.45) is -1.08. The molecule has 2 N–H and O–H groups in total. The first kappa shape index (κ1) is 23.9. The Bertz CT molecular complexity index is 1060. The van der Waals surface area contributed by atoms with E-state index in [1.807, 2.05) is 0 Å². The standard InChI is InChI=1S/C23H25F4N5O2/c1-13(33)17(11-15-8-9-28-22(15)34)31-20-19(24)21(30-12-29-20)32-10-2-3-18(32)14-4-6-16(7-5-14)23(25,26)27/h4-7,12,15,17-18H,2-3,8-11H2,1H3,(H,28,34)(H,29,30,31). The predicted octanol–water partition coefficient (Wildman–Crippen LogP) is 3.87. The molecule has 2 fully saturated rings. The molecule has 0 spiro atoms. The lowest BCUT2D eigenvalue weighted by atomic mass is 9.96. The normalized spacial score (nSPS) is 21.4. The Morgan fingerprint density at radius 1 is 1.24 bits per heavy atom. The lowest BCUT2D eigenvalue weighted by Gasteiger charge is -2.27. The van der Waals surface area contributed by atoms with Crippen LogP contribution in [0.1, 0.15) is 49.8 Å². The Morgan fingerprint density at radius 3 is 2.59 bits per heavy atom. The van der Waals surface area contributed by atoms with Crippen LogP contribution in [0.2, 0.25) is 0 Å².